The van der Waals surface area contributed by atoms with Crippen molar-refractivity contribution in [1.82, 2.24) is 4.57 Å². The van der Waals surface area contributed by atoms with Gasteiger partial charge in [-0.3, -0.25) is 9.59 Å². The van der Waals surface area contributed by atoms with Crippen molar-refractivity contribution < 1.29 is 18.0 Å². The van der Waals surface area contributed by atoms with Gasteiger partial charge in [0.15, 0.2) is 9.84 Å². The highest BCUT2D eigenvalue weighted by Crippen LogP contribution is 2.28. The number of amides is 2. The molecule has 0 saturated carbocycles. The average Bonchev–Trinajstić information content (AvgIpc) is 3.14. The van der Waals surface area contributed by atoms with Gasteiger partial charge >= 0.3 is 0 Å². The number of rotatable bonds is 7. The minimum absolute atomic E-state index is 0.0705. The number of carbonyl (C=O) groups is 2. The zero-order valence-corrected chi connectivity index (χ0v) is 17.9. The Bertz CT molecular complexity index is 1390. The summed E-state index contributed by atoms with van der Waals surface area (Å²) in [6.07, 6.45) is 1.51. The van der Waals surface area contributed by atoms with E-state index in [1.54, 1.807) is 65.2 Å². The van der Waals surface area contributed by atoms with Crippen molar-refractivity contribution >= 4 is 38.2 Å². The molecule has 4 aromatic rings. The number of benzene rings is 3. The number of hydrogen-bond acceptors (Lipinski definition) is 4. The minimum atomic E-state index is -3.62. The third-order valence-corrected chi connectivity index (χ3v) is 6.76. The van der Waals surface area contributed by atoms with Crippen LogP contribution in [0.2, 0.25) is 0 Å². The maximum Gasteiger partial charge on any atom is 0.248 e. The summed E-state index contributed by atoms with van der Waals surface area (Å²) in [6.45, 7) is -0.0705. The maximum atomic E-state index is 13.1. The van der Waals surface area contributed by atoms with Crippen LogP contribution in [0.25, 0.3) is 10.9 Å². The first-order chi connectivity index (χ1) is 15.3. The van der Waals surface area contributed by atoms with E-state index in [1.807, 2.05) is 6.07 Å². The molecule has 2 amide bonds. The van der Waals surface area contributed by atoms with E-state index in [2.05, 4.69) is 5.32 Å². The molecule has 0 aliphatic heterocycles. The number of nitrogens with two attached hydrogens (primary N) is 1. The lowest BCUT2D eigenvalue weighted by Crippen LogP contribution is -2.18. The largest absolute Gasteiger partial charge is 0.366 e. The van der Waals surface area contributed by atoms with Gasteiger partial charge in [0, 0.05) is 28.4 Å². The summed E-state index contributed by atoms with van der Waals surface area (Å²) in [5, 5.41) is 3.32. The van der Waals surface area contributed by atoms with Gasteiger partial charge in [-0.2, -0.15) is 0 Å². The Morgan fingerprint density at radius 3 is 2.22 bits per heavy atom. The first-order valence-corrected chi connectivity index (χ1v) is 11.5. The molecule has 0 aliphatic rings. The van der Waals surface area contributed by atoms with Crippen molar-refractivity contribution in [2.75, 3.05) is 5.32 Å². The number of hydrogen-bond donors (Lipinski definition) is 2. The molecule has 4 rings (SSSR count). The third kappa shape index (κ3) is 4.55. The number of anilines is 1. The van der Waals surface area contributed by atoms with Gasteiger partial charge in [0.05, 0.1) is 10.6 Å². The molecule has 0 saturated heterocycles. The van der Waals surface area contributed by atoms with Crippen molar-refractivity contribution in [2.45, 2.75) is 17.2 Å². The molecule has 162 valence electrons. The molecule has 0 fully saturated rings. The molecule has 1 aromatic heterocycles. The molecule has 0 atom stereocenters. The lowest BCUT2D eigenvalue weighted by molar-refractivity contribution is -0.116. The Morgan fingerprint density at radius 1 is 0.875 bits per heavy atom. The molecule has 0 aliphatic carbocycles. The molecule has 0 spiro atoms. The quantitative estimate of drug-likeness (QED) is 0.452. The summed E-state index contributed by atoms with van der Waals surface area (Å²) in [7, 11) is -3.62. The van der Waals surface area contributed by atoms with E-state index in [9.17, 15) is 18.0 Å². The summed E-state index contributed by atoms with van der Waals surface area (Å²) in [4.78, 5) is 24.0. The third-order valence-electron chi connectivity index (χ3n) is 5.05. The number of carbonyl (C=O) groups excluding carboxylic acids is 2. The van der Waals surface area contributed by atoms with E-state index in [-0.39, 0.29) is 23.1 Å². The summed E-state index contributed by atoms with van der Waals surface area (Å²) < 4.78 is 27.9. The summed E-state index contributed by atoms with van der Waals surface area (Å²) >= 11 is 0. The number of sulfone groups is 1. The van der Waals surface area contributed by atoms with Gasteiger partial charge in [-0.15, -0.1) is 0 Å². The molecule has 0 radical (unpaired) electrons. The highest BCUT2D eigenvalue weighted by atomic mass is 32.2. The van der Waals surface area contributed by atoms with E-state index in [4.69, 9.17) is 5.73 Å². The smallest absolute Gasteiger partial charge is 0.248 e. The number of nitrogens with one attached hydrogen (secondary N) is 1. The lowest BCUT2D eigenvalue weighted by atomic mass is 10.2. The first kappa shape index (κ1) is 21.3. The van der Waals surface area contributed by atoms with E-state index in [0.717, 1.165) is 0 Å². The molecule has 32 heavy (non-hydrogen) atoms. The first-order valence-electron chi connectivity index (χ1n) is 9.88. The second-order valence-electron chi connectivity index (χ2n) is 7.37. The Hall–Kier alpha value is -3.91. The topological polar surface area (TPSA) is 111 Å². The predicted molar refractivity (Wildman–Crippen MR) is 123 cm³/mol. The zero-order valence-electron chi connectivity index (χ0n) is 17.1. The van der Waals surface area contributed by atoms with Gasteiger partial charge in [0.25, 0.3) is 0 Å². The van der Waals surface area contributed by atoms with Crippen LogP contribution in [0.4, 0.5) is 5.69 Å². The Labute approximate surface area is 185 Å². The average molecular weight is 448 g/mol. The van der Waals surface area contributed by atoms with Crippen LogP contribution in [-0.2, 0) is 26.9 Å². The van der Waals surface area contributed by atoms with Crippen LogP contribution < -0.4 is 11.1 Å². The van der Waals surface area contributed by atoms with E-state index >= 15 is 0 Å². The number of primary amides is 1. The summed E-state index contributed by atoms with van der Waals surface area (Å²) in [6, 6.07) is 22.3. The SMILES string of the molecule is NC(=O)c1ccc(NC(=O)Cn2cc(S(=O)(=O)Cc3ccccc3)c3ccccc32)cc1. The summed E-state index contributed by atoms with van der Waals surface area (Å²) in [5.74, 6) is -1.00. The Balaban J connectivity index is 1.60. The molecule has 7 nitrogen and oxygen atoms in total. The minimum Gasteiger partial charge on any atom is -0.366 e. The number of fused-ring (bicyclic) bond motifs is 1. The normalized spacial score (nSPS) is 11.4. The van der Waals surface area contributed by atoms with Crippen molar-refractivity contribution in [1.29, 1.82) is 0 Å². The second-order valence-corrected chi connectivity index (χ2v) is 9.33. The fraction of sp³-hybridized carbons (Fsp3) is 0.0833. The van der Waals surface area contributed by atoms with Crippen LogP contribution in [0.3, 0.4) is 0 Å². The van der Waals surface area contributed by atoms with E-state index in [1.165, 1.54) is 18.3 Å². The fourth-order valence-electron chi connectivity index (χ4n) is 3.54. The lowest BCUT2D eigenvalue weighted by Gasteiger charge is -2.08. The zero-order chi connectivity index (χ0) is 22.7. The van der Waals surface area contributed by atoms with Crippen LogP contribution in [-0.4, -0.2) is 24.8 Å². The van der Waals surface area contributed by atoms with Gasteiger partial charge in [-0.1, -0.05) is 48.5 Å². The molecular weight excluding hydrogens is 426 g/mol. The van der Waals surface area contributed by atoms with Gasteiger partial charge in [0.2, 0.25) is 11.8 Å². The Kier molecular flexibility index (Phi) is 5.79. The predicted octanol–water partition coefficient (Wildman–Crippen LogP) is 3.35. The van der Waals surface area contributed by atoms with Crippen LogP contribution in [0.15, 0.2) is 90.0 Å². The van der Waals surface area contributed by atoms with Crippen LogP contribution in [0, 0.1) is 0 Å². The van der Waals surface area contributed by atoms with Gasteiger partial charge in [-0.05, 0) is 35.9 Å². The monoisotopic (exact) mass is 447 g/mol. The molecule has 8 heteroatoms. The van der Waals surface area contributed by atoms with E-state index in [0.29, 0.717) is 27.7 Å². The molecule has 3 N–H and O–H groups in total. The maximum absolute atomic E-state index is 13.1. The Morgan fingerprint density at radius 2 is 1.53 bits per heavy atom. The second kappa shape index (κ2) is 8.68. The van der Waals surface area contributed by atoms with Crippen molar-refractivity contribution in [3.05, 3.63) is 96.2 Å². The van der Waals surface area contributed by atoms with Crippen LogP contribution >= 0.6 is 0 Å². The fourth-order valence-corrected chi connectivity index (χ4v) is 5.12. The van der Waals surface area contributed by atoms with Crippen molar-refractivity contribution in [3.8, 4) is 0 Å². The molecule has 0 bridgehead atoms. The van der Waals surface area contributed by atoms with Gasteiger partial charge in [0.1, 0.15) is 6.54 Å². The highest BCUT2D eigenvalue weighted by Gasteiger charge is 2.22. The van der Waals surface area contributed by atoms with Gasteiger partial charge in [-0.25, -0.2) is 8.42 Å². The number of para-hydroxylation sites is 1. The number of aromatic nitrogens is 1. The van der Waals surface area contributed by atoms with Crippen molar-refractivity contribution in [2.24, 2.45) is 5.73 Å². The molecule has 3 aromatic carbocycles. The highest BCUT2D eigenvalue weighted by molar-refractivity contribution is 7.90. The van der Waals surface area contributed by atoms with Gasteiger partial charge < -0.3 is 15.6 Å². The number of nitrogens with zero attached hydrogens (tertiary/aromatic N) is 1. The van der Waals surface area contributed by atoms with Crippen LogP contribution in [0.5, 0.6) is 0 Å². The molecule has 1 heterocycles. The van der Waals surface area contributed by atoms with Crippen LogP contribution in [0.1, 0.15) is 15.9 Å². The van der Waals surface area contributed by atoms with Crippen molar-refractivity contribution in [3.63, 3.8) is 0 Å². The molecular formula is C24H21N3O4S. The van der Waals surface area contributed by atoms with E-state index < -0.39 is 15.7 Å². The molecule has 0 unspecified atom stereocenters. The summed E-state index contributed by atoms with van der Waals surface area (Å²) in [5.41, 5.74) is 7.42. The standard InChI is InChI=1S/C24H21N3O4S/c25-24(29)18-10-12-19(13-11-18)26-23(28)15-27-14-22(20-8-4-5-9-21(20)27)32(30,31)16-17-6-2-1-3-7-17/h1-14H,15-16H2,(H2,25,29)(H,26,28).